The van der Waals surface area contributed by atoms with Crippen molar-refractivity contribution in [1.82, 2.24) is 0 Å². The van der Waals surface area contributed by atoms with Crippen molar-refractivity contribution in [2.75, 3.05) is 0 Å². The highest BCUT2D eigenvalue weighted by molar-refractivity contribution is 6.74. The minimum absolute atomic E-state index is 0.143. The summed E-state index contributed by atoms with van der Waals surface area (Å²) in [5.74, 6) is 3.14. The minimum atomic E-state index is -1.89. The molecular formula is C18H28O2Si. The van der Waals surface area contributed by atoms with Gasteiger partial charge in [-0.1, -0.05) is 38.8 Å². The van der Waals surface area contributed by atoms with E-state index in [1.807, 2.05) is 19.1 Å². The fourth-order valence-electron chi connectivity index (χ4n) is 1.91. The summed E-state index contributed by atoms with van der Waals surface area (Å²) < 4.78 is 6.44. The third-order valence-electron chi connectivity index (χ3n) is 4.42. The number of hydrogen-bond acceptors (Lipinski definition) is 2. The minimum Gasteiger partial charge on any atom is -0.508 e. The molecule has 1 rings (SSSR count). The second kappa shape index (κ2) is 6.25. The Labute approximate surface area is 130 Å². The first-order valence-corrected chi connectivity index (χ1v) is 10.4. The molecule has 2 nitrogen and oxygen atoms in total. The van der Waals surface area contributed by atoms with Gasteiger partial charge in [-0.25, -0.2) is 0 Å². The van der Waals surface area contributed by atoms with Crippen LogP contribution in [0, 0.1) is 12.3 Å². The molecule has 0 heterocycles. The van der Waals surface area contributed by atoms with Crippen molar-refractivity contribution in [2.24, 2.45) is 0 Å². The van der Waals surface area contributed by atoms with Gasteiger partial charge in [-0.2, -0.15) is 0 Å². The summed E-state index contributed by atoms with van der Waals surface area (Å²) in [7, 11) is -1.89. The smallest absolute Gasteiger partial charge is 0.194 e. The summed E-state index contributed by atoms with van der Waals surface area (Å²) in [4.78, 5) is 0. The Hall–Kier alpha value is -1.24. The molecule has 0 aliphatic rings. The second-order valence-corrected chi connectivity index (χ2v) is 12.1. The number of terminal acetylenes is 1. The zero-order valence-corrected chi connectivity index (χ0v) is 15.2. The van der Waals surface area contributed by atoms with Crippen molar-refractivity contribution in [2.45, 2.75) is 64.3 Å². The van der Waals surface area contributed by atoms with Gasteiger partial charge in [0, 0.05) is 0 Å². The third kappa shape index (κ3) is 4.91. The molecule has 0 aromatic heterocycles. The molecule has 116 valence electrons. The molecule has 1 aromatic rings. The van der Waals surface area contributed by atoms with E-state index in [0.717, 1.165) is 18.4 Å². The maximum Gasteiger partial charge on any atom is 0.194 e. The average molecular weight is 305 g/mol. The Kier molecular flexibility index (Phi) is 5.30. The van der Waals surface area contributed by atoms with Gasteiger partial charge in [-0.15, -0.1) is 6.42 Å². The summed E-state index contributed by atoms with van der Waals surface area (Å²) in [5, 5.41) is 9.46. The third-order valence-corrected chi connectivity index (χ3v) is 8.99. The highest BCUT2D eigenvalue weighted by atomic mass is 28.4. The van der Waals surface area contributed by atoms with Crippen LogP contribution in [0.3, 0.4) is 0 Å². The molecule has 1 atom stereocenters. The van der Waals surface area contributed by atoms with Crippen LogP contribution in [0.2, 0.25) is 18.1 Å². The lowest BCUT2D eigenvalue weighted by Crippen LogP contribution is -2.48. The lowest BCUT2D eigenvalue weighted by molar-refractivity contribution is 0.122. The number of phenols is 1. The molecule has 3 heteroatoms. The molecule has 0 bridgehead atoms. The fraction of sp³-hybridized carbons (Fsp3) is 0.556. The van der Waals surface area contributed by atoms with Crippen LogP contribution in [0.25, 0.3) is 0 Å². The first kappa shape index (κ1) is 17.8. The molecule has 0 amide bonds. The number of hydrogen-bond donors (Lipinski definition) is 1. The van der Waals surface area contributed by atoms with E-state index in [9.17, 15) is 5.11 Å². The summed E-state index contributed by atoms with van der Waals surface area (Å²) in [5.41, 5.74) is 0.619. The Bertz CT molecular complexity index is 506. The van der Waals surface area contributed by atoms with Crippen LogP contribution in [-0.2, 0) is 10.8 Å². The number of rotatable bonds is 5. The van der Waals surface area contributed by atoms with Gasteiger partial charge in [-0.05, 0) is 55.6 Å². The monoisotopic (exact) mass is 304 g/mol. The molecule has 21 heavy (non-hydrogen) atoms. The van der Waals surface area contributed by atoms with Crippen molar-refractivity contribution >= 4 is 8.32 Å². The molecule has 0 spiro atoms. The van der Waals surface area contributed by atoms with Crippen LogP contribution in [0.5, 0.6) is 5.75 Å². The van der Waals surface area contributed by atoms with Crippen molar-refractivity contribution in [1.29, 1.82) is 0 Å². The topological polar surface area (TPSA) is 29.5 Å². The molecule has 1 aromatic carbocycles. The highest BCUT2D eigenvalue weighted by Crippen LogP contribution is 2.39. The number of aromatic hydroxyl groups is 1. The summed E-state index contributed by atoms with van der Waals surface area (Å²) in [6, 6.07) is 7.27. The van der Waals surface area contributed by atoms with E-state index in [0.29, 0.717) is 0 Å². The highest BCUT2D eigenvalue weighted by Gasteiger charge is 2.42. The second-order valence-electron chi connectivity index (χ2n) is 7.40. The lowest BCUT2D eigenvalue weighted by atomic mass is 9.98. The van der Waals surface area contributed by atoms with Crippen LogP contribution in [-0.4, -0.2) is 19.0 Å². The Morgan fingerprint density at radius 3 is 2.10 bits per heavy atom. The Balaban J connectivity index is 2.77. The molecule has 1 unspecified atom stereocenters. The van der Waals surface area contributed by atoms with Crippen molar-refractivity contribution in [3.8, 4) is 18.1 Å². The lowest BCUT2D eigenvalue weighted by Gasteiger charge is -2.42. The molecule has 0 saturated heterocycles. The van der Waals surface area contributed by atoms with E-state index in [-0.39, 0.29) is 10.8 Å². The van der Waals surface area contributed by atoms with Crippen LogP contribution in [0.4, 0.5) is 0 Å². The summed E-state index contributed by atoms with van der Waals surface area (Å²) >= 11 is 0. The van der Waals surface area contributed by atoms with Crippen LogP contribution in [0.15, 0.2) is 24.3 Å². The molecule has 0 radical (unpaired) electrons. The van der Waals surface area contributed by atoms with E-state index in [4.69, 9.17) is 10.8 Å². The Morgan fingerprint density at radius 2 is 1.67 bits per heavy atom. The van der Waals surface area contributed by atoms with Gasteiger partial charge in [0.05, 0.1) is 0 Å². The van der Waals surface area contributed by atoms with Crippen molar-refractivity contribution in [3.05, 3.63) is 29.8 Å². The predicted octanol–water partition coefficient (Wildman–Crippen LogP) is 4.74. The van der Waals surface area contributed by atoms with Gasteiger partial charge in [0.2, 0.25) is 0 Å². The molecule has 0 fully saturated rings. The quantitative estimate of drug-likeness (QED) is 0.629. The normalized spacial score (nSPS) is 15.3. The van der Waals surface area contributed by atoms with Crippen LogP contribution in [0.1, 0.15) is 39.7 Å². The number of phenolic OH excluding ortho intramolecular Hbond substituents is 1. The summed E-state index contributed by atoms with van der Waals surface area (Å²) in [6.07, 6.45) is 7.37. The molecule has 0 aliphatic heterocycles. The van der Waals surface area contributed by atoms with Gasteiger partial charge in [0.15, 0.2) is 8.32 Å². The molecular weight excluding hydrogens is 276 g/mol. The maximum absolute atomic E-state index is 9.32. The zero-order chi connectivity index (χ0) is 16.3. The maximum atomic E-state index is 9.32. The van der Waals surface area contributed by atoms with E-state index in [1.54, 1.807) is 12.1 Å². The van der Waals surface area contributed by atoms with Gasteiger partial charge in [0.1, 0.15) is 11.4 Å². The van der Waals surface area contributed by atoms with E-state index in [2.05, 4.69) is 39.8 Å². The van der Waals surface area contributed by atoms with E-state index < -0.39 is 13.9 Å². The zero-order valence-electron chi connectivity index (χ0n) is 14.2. The summed E-state index contributed by atoms with van der Waals surface area (Å²) in [6.45, 7) is 13.1. The first-order chi connectivity index (χ1) is 9.49. The van der Waals surface area contributed by atoms with Gasteiger partial charge < -0.3 is 9.53 Å². The van der Waals surface area contributed by atoms with E-state index in [1.165, 1.54) is 0 Å². The molecule has 0 aliphatic carbocycles. The standard InChI is InChI=1S/C18H28O2Si/c1-8-18(5,20-21(6,7)17(2,3)4)14-13-15-9-11-16(19)12-10-15/h1,9-12,19H,13-14H2,2-7H3. The first-order valence-electron chi connectivity index (χ1n) is 7.45. The SMILES string of the molecule is C#CC(C)(CCc1ccc(O)cc1)O[Si](C)(C)C(C)(C)C. The van der Waals surface area contributed by atoms with Crippen LogP contribution >= 0.6 is 0 Å². The van der Waals surface area contributed by atoms with E-state index >= 15 is 0 Å². The largest absolute Gasteiger partial charge is 0.508 e. The fourth-order valence-corrected chi connectivity index (χ4v) is 3.51. The van der Waals surface area contributed by atoms with Gasteiger partial charge >= 0.3 is 0 Å². The van der Waals surface area contributed by atoms with Gasteiger partial charge in [0.25, 0.3) is 0 Å². The average Bonchev–Trinajstić information content (AvgIpc) is 2.36. The molecule has 1 N–H and O–H groups in total. The number of benzene rings is 1. The Morgan fingerprint density at radius 1 is 1.14 bits per heavy atom. The predicted molar refractivity (Wildman–Crippen MR) is 91.9 cm³/mol. The van der Waals surface area contributed by atoms with Crippen LogP contribution < -0.4 is 0 Å². The van der Waals surface area contributed by atoms with Crippen molar-refractivity contribution < 1.29 is 9.53 Å². The number of aryl methyl sites for hydroxylation is 1. The van der Waals surface area contributed by atoms with Gasteiger partial charge in [-0.3, -0.25) is 0 Å². The molecule has 0 saturated carbocycles. The van der Waals surface area contributed by atoms with Crippen molar-refractivity contribution in [3.63, 3.8) is 0 Å².